The predicted octanol–water partition coefficient (Wildman–Crippen LogP) is 6.65. The van der Waals surface area contributed by atoms with Crippen molar-refractivity contribution in [3.05, 3.63) is 108 Å². The van der Waals surface area contributed by atoms with Crippen LogP contribution in [0.25, 0.3) is 0 Å². The second-order valence-electron chi connectivity index (χ2n) is 13.8. The van der Waals surface area contributed by atoms with E-state index in [1.807, 2.05) is 78.2 Å². The van der Waals surface area contributed by atoms with E-state index in [0.29, 0.717) is 26.1 Å². The molecule has 7 nitrogen and oxygen atoms in total. The molecule has 0 spiro atoms. The van der Waals surface area contributed by atoms with Crippen LogP contribution >= 0.6 is 23.5 Å². The number of fused-ring (bicyclic) bond motifs is 3. The van der Waals surface area contributed by atoms with Crippen molar-refractivity contribution in [3.63, 3.8) is 0 Å². The van der Waals surface area contributed by atoms with Crippen LogP contribution in [-0.4, -0.2) is 87.8 Å². The molecule has 0 unspecified atom stereocenters. The van der Waals surface area contributed by atoms with Crippen LogP contribution < -0.4 is 0 Å². The number of benzene rings is 2. The molecule has 1 N–H and O–H groups in total. The second-order valence-corrected chi connectivity index (χ2v) is 17.2. The number of allylic oxidation sites excluding steroid dienone is 1. The van der Waals surface area contributed by atoms with Gasteiger partial charge >= 0.3 is 0 Å². The molecule has 0 radical (unpaired) electrons. The summed E-state index contributed by atoms with van der Waals surface area (Å²) in [5, 5.41) is 10.8. The van der Waals surface area contributed by atoms with Gasteiger partial charge in [-0.2, -0.15) is 0 Å². The van der Waals surface area contributed by atoms with Crippen LogP contribution in [-0.2, 0) is 41.6 Å². The van der Waals surface area contributed by atoms with Crippen LogP contribution in [0.5, 0.6) is 0 Å². The summed E-state index contributed by atoms with van der Waals surface area (Å²) in [6.07, 6.45) is 15.7. The highest BCUT2D eigenvalue weighted by Gasteiger charge is 2.54. The average Bonchev–Trinajstić information content (AvgIpc) is 3.39. The molecule has 2 aromatic rings. The van der Waals surface area contributed by atoms with Gasteiger partial charge in [0.15, 0.2) is 0 Å². The summed E-state index contributed by atoms with van der Waals surface area (Å²) in [4.78, 5) is 0. The van der Waals surface area contributed by atoms with E-state index in [1.54, 1.807) is 12.2 Å². The first kappa shape index (κ1) is 36.0. The lowest BCUT2D eigenvalue weighted by molar-refractivity contribution is -0.299. The van der Waals surface area contributed by atoms with Crippen LogP contribution in [0, 0.1) is 12.3 Å². The van der Waals surface area contributed by atoms with E-state index in [0.717, 1.165) is 29.1 Å². The van der Waals surface area contributed by atoms with Crippen molar-refractivity contribution in [2.24, 2.45) is 0 Å². The molecule has 9 heteroatoms. The molecule has 0 bridgehead atoms. The molecule has 0 amide bonds. The van der Waals surface area contributed by atoms with Gasteiger partial charge in [0.2, 0.25) is 0 Å². The first-order valence-electron chi connectivity index (χ1n) is 17.8. The summed E-state index contributed by atoms with van der Waals surface area (Å²) in [5.41, 5.74) is 2.21. The number of terminal acetylenes is 1. The third kappa shape index (κ3) is 8.80. The van der Waals surface area contributed by atoms with Crippen molar-refractivity contribution in [1.29, 1.82) is 0 Å². The van der Waals surface area contributed by atoms with Gasteiger partial charge in [-0.15, -0.1) is 29.9 Å². The molecule has 5 aliphatic heterocycles. The Balaban J connectivity index is 1.16. The maximum Gasteiger partial charge on any atom is 0.115 e. The fourth-order valence-electron chi connectivity index (χ4n) is 7.51. The van der Waals surface area contributed by atoms with E-state index in [1.165, 1.54) is 6.42 Å². The fraction of sp³-hybridized carbons (Fsp3) is 0.512. The van der Waals surface area contributed by atoms with Gasteiger partial charge in [0.05, 0.1) is 47.8 Å². The standard InChI is InChI=1S/C41H48O7S2/c1-3-4-7-17-31-30(42)18-19-32-33(45-31)20-21-34-35(46-32)24-36-39(48-34)40(44-27-29-15-10-6-11-16-29)38(43-26-28-13-8-5-9-14-28)37(47-36)25-41(2)49-22-12-23-50-41/h1,4-11,13-16,18-21,30-40,42H,12,17,22-27H2,2H3/b7-4-/t30-,31+,32+,33-,34+,35-,36+,37-,38-,39+,40+/m0/s1. The van der Waals surface area contributed by atoms with Gasteiger partial charge in [-0.05, 0) is 54.9 Å². The van der Waals surface area contributed by atoms with Crippen LogP contribution in [0.2, 0.25) is 0 Å². The Labute approximate surface area is 305 Å². The number of hydrogen-bond acceptors (Lipinski definition) is 9. The van der Waals surface area contributed by atoms with Gasteiger partial charge in [-0.25, -0.2) is 0 Å². The van der Waals surface area contributed by atoms with E-state index < -0.39 is 12.2 Å². The van der Waals surface area contributed by atoms with Crippen LogP contribution in [0.3, 0.4) is 0 Å². The molecule has 0 aliphatic carbocycles. The molecule has 0 saturated carbocycles. The quantitative estimate of drug-likeness (QED) is 0.215. The Hall–Kier alpha value is -2.36. The van der Waals surface area contributed by atoms with E-state index >= 15 is 0 Å². The number of aliphatic hydroxyl groups excluding tert-OH is 1. The van der Waals surface area contributed by atoms with Crippen molar-refractivity contribution in [1.82, 2.24) is 0 Å². The van der Waals surface area contributed by atoms with E-state index in [2.05, 4.69) is 43.2 Å². The van der Waals surface area contributed by atoms with Crippen molar-refractivity contribution in [3.8, 4) is 12.3 Å². The summed E-state index contributed by atoms with van der Waals surface area (Å²) >= 11 is 4.05. The molecule has 3 fully saturated rings. The lowest BCUT2D eigenvalue weighted by Gasteiger charge is -2.52. The van der Waals surface area contributed by atoms with E-state index in [4.69, 9.17) is 34.8 Å². The highest BCUT2D eigenvalue weighted by molar-refractivity contribution is 8.18. The molecule has 5 aliphatic rings. The third-order valence-electron chi connectivity index (χ3n) is 10.1. The first-order valence-corrected chi connectivity index (χ1v) is 19.8. The van der Waals surface area contributed by atoms with Gasteiger partial charge in [-0.1, -0.05) is 97.0 Å². The first-order chi connectivity index (χ1) is 24.5. The Kier molecular flexibility index (Phi) is 12.2. The van der Waals surface area contributed by atoms with E-state index in [-0.39, 0.29) is 59.0 Å². The number of rotatable bonds is 10. The normalized spacial score (nSPS) is 36.4. The zero-order valence-electron chi connectivity index (χ0n) is 28.5. The Morgan fingerprint density at radius 2 is 1.44 bits per heavy atom. The van der Waals surface area contributed by atoms with Gasteiger partial charge in [0.25, 0.3) is 0 Å². The van der Waals surface area contributed by atoms with Gasteiger partial charge < -0.3 is 33.5 Å². The molecule has 11 atom stereocenters. The molecular weight excluding hydrogens is 669 g/mol. The Morgan fingerprint density at radius 1 is 0.800 bits per heavy atom. The summed E-state index contributed by atoms with van der Waals surface area (Å²) in [6.45, 7) is 3.24. The molecule has 2 aromatic carbocycles. The van der Waals surface area contributed by atoms with Crippen molar-refractivity contribution < 1.29 is 33.5 Å². The fourth-order valence-corrected chi connectivity index (χ4v) is 10.5. The molecular formula is C41H48O7S2. The summed E-state index contributed by atoms with van der Waals surface area (Å²) in [5.74, 6) is 4.80. The summed E-state index contributed by atoms with van der Waals surface area (Å²) < 4.78 is 41.0. The average molecular weight is 717 g/mol. The molecule has 0 aromatic heterocycles. The molecule has 5 heterocycles. The van der Waals surface area contributed by atoms with Crippen molar-refractivity contribution in [2.75, 3.05) is 11.5 Å². The van der Waals surface area contributed by atoms with Crippen molar-refractivity contribution in [2.45, 2.75) is 117 Å². The molecule has 266 valence electrons. The second kappa shape index (κ2) is 17.0. The lowest BCUT2D eigenvalue weighted by Crippen LogP contribution is -2.65. The maximum absolute atomic E-state index is 10.8. The minimum absolute atomic E-state index is 0.0101. The zero-order valence-corrected chi connectivity index (χ0v) is 30.2. The van der Waals surface area contributed by atoms with Gasteiger partial charge in [0, 0.05) is 6.42 Å². The summed E-state index contributed by atoms with van der Waals surface area (Å²) in [6, 6.07) is 20.6. The van der Waals surface area contributed by atoms with Gasteiger partial charge in [0.1, 0.15) is 36.6 Å². The van der Waals surface area contributed by atoms with Crippen LogP contribution in [0.4, 0.5) is 0 Å². The molecule has 50 heavy (non-hydrogen) atoms. The minimum atomic E-state index is -0.765. The number of thioether (sulfide) groups is 2. The number of aliphatic hydroxyl groups is 1. The Bertz CT molecular complexity index is 1500. The predicted molar refractivity (Wildman–Crippen MR) is 199 cm³/mol. The highest BCUT2D eigenvalue weighted by atomic mass is 32.2. The highest BCUT2D eigenvalue weighted by Crippen LogP contribution is 2.48. The van der Waals surface area contributed by atoms with Crippen molar-refractivity contribution >= 4 is 23.5 Å². The number of hydrogen-bond donors (Lipinski definition) is 1. The molecule has 7 rings (SSSR count). The Morgan fingerprint density at radius 3 is 2.14 bits per heavy atom. The topological polar surface area (TPSA) is 75.6 Å². The van der Waals surface area contributed by atoms with E-state index in [9.17, 15) is 5.11 Å². The monoisotopic (exact) mass is 716 g/mol. The zero-order chi connectivity index (χ0) is 34.3. The SMILES string of the molecule is C#C/C=C\C[C@H]1O[C@H]2C=C[C@H]3O[C@H]4[C@H](OCc5ccccc5)[C@@H](OCc5ccccc5)[C@H](CC5(C)SCCCS5)O[C@@H]4C[C@@H]3O[C@@H]2C=C[C@@H]1O. The lowest BCUT2D eigenvalue weighted by atomic mass is 9.86. The largest absolute Gasteiger partial charge is 0.386 e. The maximum atomic E-state index is 10.8. The van der Waals surface area contributed by atoms with Crippen LogP contribution in [0.15, 0.2) is 97.1 Å². The minimum Gasteiger partial charge on any atom is -0.386 e. The summed E-state index contributed by atoms with van der Waals surface area (Å²) in [7, 11) is 0. The number of ether oxygens (including phenoxy) is 6. The van der Waals surface area contributed by atoms with Crippen LogP contribution in [0.1, 0.15) is 43.7 Å². The smallest absolute Gasteiger partial charge is 0.115 e. The third-order valence-corrected chi connectivity index (χ3v) is 13.3. The van der Waals surface area contributed by atoms with Gasteiger partial charge in [-0.3, -0.25) is 0 Å². The molecule has 3 saturated heterocycles.